The zero-order valence-corrected chi connectivity index (χ0v) is 14.4. The van der Waals surface area contributed by atoms with Gasteiger partial charge in [-0.3, -0.25) is 0 Å². The summed E-state index contributed by atoms with van der Waals surface area (Å²) in [5.74, 6) is -0.729. The quantitative estimate of drug-likeness (QED) is 0.847. The predicted octanol–water partition coefficient (Wildman–Crippen LogP) is 2.38. The molecule has 1 saturated heterocycles. The number of nitrogens with one attached hydrogen (secondary N) is 1. The Morgan fingerprint density at radius 2 is 2.05 bits per heavy atom. The maximum atomic E-state index is 13.9. The van der Waals surface area contributed by atoms with Gasteiger partial charge in [-0.1, -0.05) is 15.9 Å². The summed E-state index contributed by atoms with van der Waals surface area (Å²) in [6, 6.07) is 3.84. The van der Waals surface area contributed by atoms with Gasteiger partial charge >= 0.3 is 0 Å². The maximum Gasteiger partial charge on any atom is 0.246 e. The van der Waals surface area contributed by atoms with E-state index in [4.69, 9.17) is 0 Å². The predicted molar refractivity (Wildman–Crippen MR) is 82.2 cm³/mol. The number of piperazine rings is 1. The Morgan fingerprint density at radius 3 is 2.65 bits per heavy atom. The molecule has 0 saturated carbocycles. The van der Waals surface area contributed by atoms with Crippen molar-refractivity contribution in [1.29, 1.82) is 0 Å². The Bertz CT molecular complexity index is 585. The lowest BCUT2D eigenvalue weighted by Crippen LogP contribution is -2.57. The molecular weight excluding hydrogens is 371 g/mol. The lowest BCUT2D eigenvalue weighted by molar-refractivity contribution is 0.232. The molecule has 0 spiro atoms. The summed E-state index contributed by atoms with van der Waals surface area (Å²) in [5, 5.41) is 3.20. The third-order valence-electron chi connectivity index (χ3n) is 3.46. The van der Waals surface area contributed by atoms with E-state index in [1.807, 2.05) is 13.8 Å². The first-order chi connectivity index (χ1) is 8.84. The summed E-state index contributed by atoms with van der Waals surface area (Å²) in [7, 11) is -3.79. The standard InChI is InChI=1S/C12H16BrFN2O2S.ClH/c1-8-9(2)16(6-5-15-8)19(17,18)12-4-3-10(13)7-11(12)14;/h3-4,7-9,15H,5-6H2,1-2H3;1H. The van der Waals surface area contributed by atoms with Gasteiger partial charge in [0, 0.05) is 29.6 Å². The third-order valence-corrected chi connectivity index (χ3v) is 5.97. The van der Waals surface area contributed by atoms with Crippen molar-refractivity contribution in [3.8, 4) is 0 Å². The van der Waals surface area contributed by atoms with Crippen molar-refractivity contribution < 1.29 is 12.8 Å². The third kappa shape index (κ3) is 3.33. The molecule has 8 heteroatoms. The molecule has 1 N–H and O–H groups in total. The van der Waals surface area contributed by atoms with Crippen LogP contribution < -0.4 is 5.32 Å². The van der Waals surface area contributed by atoms with E-state index in [0.717, 1.165) is 0 Å². The molecule has 0 aromatic heterocycles. The molecule has 1 fully saturated rings. The molecule has 1 aliphatic rings. The molecule has 2 unspecified atom stereocenters. The van der Waals surface area contributed by atoms with Crippen molar-refractivity contribution in [1.82, 2.24) is 9.62 Å². The Hall–Kier alpha value is -0.210. The molecular formula is C12H17BrClFN2O2S. The number of sulfonamides is 1. The Balaban J connectivity index is 0.00000200. The highest BCUT2D eigenvalue weighted by atomic mass is 79.9. The highest BCUT2D eigenvalue weighted by Gasteiger charge is 2.35. The number of rotatable bonds is 2. The molecule has 0 aliphatic carbocycles. The molecule has 1 aliphatic heterocycles. The van der Waals surface area contributed by atoms with Crippen LogP contribution in [0.5, 0.6) is 0 Å². The van der Waals surface area contributed by atoms with Gasteiger partial charge in [0.2, 0.25) is 10.0 Å². The number of hydrogen-bond donors (Lipinski definition) is 1. The molecule has 2 atom stereocenters. The second-order valence-electron chi connectivity index (χ2n) is 4.67. The summed E-state index contributed by atoms with van der Waals surface area (Å²) in [6.45, 7) is 4.67. The van der Waals surface area contributed by atoms with Gasteiger partial charge in [-0.05, 0) is 32.0 Å². The molecule has 0 radical (unpaired) electrons. The lowest BCUT2D eigenvalue weighted by atomic mass is 10.1. The van der Waals surface area contributed by atoms with E-state index < -0.39 is 15.8 Å². The van der Waals surface area contributed by atoms with E-state index in [1.165, 1.54) is 22.5 Å². The van der Waals surface area contributed by atoms with Gasteiger partial charge in [0.25, 0.3) is 0 Å². The zero-order valence-electron chi connectivity index (χ0n) is 11.1. The summed E-state index contributed by atoms with van der Waals surface area (Å²) in [4.78, 5) is -0.267. The van der Waals surface area contributed by atoms with E-state index in [2.05, 4.69) is 21.2 Å². The first-order valence-corrected chi connectivity index (χ1v) is 8.27. The second-order valence-corrected chi connectivity index (χ2v) is 7.45. The highest BCUT2D eigenvalue weighted by molar-refractivity contribution is 9.10. The first kappa shape index (κ1) is 17.8. The monoisotopic (exact) mass is 386 g/mol. The van der Waals surface area contributed by atoms with Crippen molar-refractivity contribution in [2.45, 2.75) is 30.8 Å². The van der Waals surface area contributed by atoms with Crippen LogP contribution in [0.2, 0.25) is 0 Å². The number of halogens is 3. The fourth-order valence-electron chi connectivity index (χ4n) is 2.18. The average molecular weight is 388 g/mol. The average Bonchev–Trinajstić information content (AvgIpc) is 2.31. The zero-order chi connectivity index (χ0) is 14.2. The lowest BCUT2D eigenvalue weighted by Gasteiger charge is -2.37. The van der Waals surface area contributed by atoms with Crippen LogP contribution in [0.15, 0.2) is 27.6 Å². The maximum absolute atomic E-state index is 13.9. The van der Waals surface area contributed by atoms with Gasteiger partial charge in [0.15, 0.2) is 0 Å². The van der Waals surface area contributed by atoms with Gasteiger partial charge in [-0.15, -0.1) is 12.4 Å². The van der Waals surface area contributed by atoms with Crippen LogP contribution in [0.4, 0.5) is 4.39 Å². The van der Waals surface area contributed by atoms with Gasteiger partial charge in [0.05, 0.1) is 0 Å². The van der Waals surface area contributed by atoms with E-state index in [0.29, 0.717) is 17.6 Å². The molecule has 20 heavy (non-hydrogen) atoms. The van der Waals surface area contributed by atoms with Crippen LogP contribution in [0.3, 0.4) is 0 Å². The van der Waals surface area contributed by atoms with Crippen molar-refractivity contribution in [2.75, 3.05) is 13.1 Å². The van der Waals surface area contributed by atoms with Gasteiger partial charge in [-0.25, -0.2) is 12.8 Å². The molecule has 0 bridgehead atoms. The highest BCUT2D eigenvalue weighted by Crippen LogP contribution is 2.25. The summed E-state index contributed by atoms with van der Waals surface area (Å²) in [6.07, 6.45) is 0. The number of hydrogen-bond acceptors (Lipinski definition) is 3. The van der Waals surface area contributed by atoms with Gasteiger partial charge in [0.1, 0.15) is 10.7 Å². The van der Waals surface area contributed by atoms with Crippen molar-refractivity contribution in [3.63, 3.8) is 0 Å². The van der Waals surface area contributed by atoms with E-state index in [-0.39, 0.29) is 29.4 Å². The first-order valence-electron chi connectivity index (χ1n) is 6.04. The molecule has 0 amide bonds. The number of nitrogens with zero attached hydrogens (tertiary/aromatic N) is 1. The van der Waals surface area contributed by atoms with Gasteiger partial charge < -0.3 is 5.32 Å². The second kappa shape index (κ2) is 6.70. The molecule has 1 aromatic rings. The van der Waals surface area contributed by atoms with E-state index >= 15 is 0 Å². The van der Waals surface area contributed by atoms with E-state index in [1.54, 1.807) is 0 Å². The fraction of sp³-hybridized carbons (Fsp3) is 0.500. The summed E-state index contributed by atoms with van der Waals surface area (Å²) in [5.41, 5.74) is 0. The van der Waals surface area contributed by atoms with Crippen LogP contribution >= 0.6 is 28.3 Å². The van der Waals surface area contributed by atoms with Crippen molar-refractivity contribution in [2.24, 2.45) is 0 Å². The van der Waals surface area contributed by atoms with Crippen LogP contribution in [0.1, 0.15) is 13.8 Å². The Kier molecular flexibility index (Phi) is 5.98. The smallest absolute Gasteiger partial charge is 0.246 e. The molecule has 2 rings (SSSR count). The Morgan fingerprint density at radius 1 is 1.40 bits per heavy atom. The van der Waals surface area contributed by atoms with E-state index in [9.17, 15) is 12.8 Å². The van der Waals surface area contributed by atoms with Crippen LogP contribution in [-0.2, 0) is 10.0 Å². The molecule has 1 aromatic carbocycles. The van der Waals surface area contributed by atoms with Crippen LogP contribution in [0.25, 0.3) is 0 Å². The summed E-state index contributed by atoms with van der Waals surface area (Å²) < 4.78 is 40.8. The SMILES string of the molecule is CC1NCCN(S(=O)(=O)c2ccc(Br)cc2F)C1C.Cl. The fourth-order valence-corrected chi connectivity index (χ4v) is 4.26. The minimum atomic E-state index is -3.79. The largest absolute Gasteiger partial charge is 0.311 e. The normalized spacial score (nSPS) is 24.2. The summed E-state index contributed by atoms with van der Waals surface area (Å²) >= 11 is 3.12. The van der Waals surface area contributed by atoms with Crippen LogP contribution in [0, 0.1) is 5.82 Å². The number of benzene rings is 1. The van der Waals surface area contributed by atoms with Crippen molar-refractivity contribution in [3.05, 3.63) is 28.5 Å². The topological polar surface area (TPSA) is 49.4 Å². The van der Waals surface area contributed by atoms with Crippen molar-refractivity contribution >= 4 is 38.4 Å². The van der Waals surface area contributed by atoms with Crippen LogP contribution in [-0.4, -0.2) is 37.9 Å². The Labute approximate surface area is 133 Å². The minimum Gasteiger partial charge on any atom is -0.311 e. The molecule has 114 valence electrons. The van der Waals surface area contributed by atoms with Gasteiger partial charge in [-0.2, -0.15) is 4.31 Å². The molecule has 1 heterocycles. The minimum absolute atomic E-state index is 0. The molecule has 4 nitrogen and oxygen atoms in total.